The molecule has 1 atom stereocenters. The second-order valence-corrected chi connectivity index (χ2v) is 4.88. The quantitative estimate of drug-likeness (QED) is 0.618. The van der Waals surface area contributed by atoms with Gasteiger partial charge in [-0.3, -0.25) is 20.2 Å². The SMILES string of the molecule is C[C@@H](CCc1ccco1)Nc1ccc([N+](=O)[O-])cc1[N+](=O)[O-]. The van der Waals surface area contributed by atoms with Crippen LogP contribution in [0.25, 0.3) is 0 Å². The first-order chi connectivity index (χ1) is 10.5. The summed E-state index contributed by atoms with van der Waals surface area (Å²) in [5.41, 5.74) is -0.345. The van der Waals surface area contributed by atoms with Gasteiger partial charge in [0.2, 0.25) is 0 Å². The topological polar surface area (TPSA) is 111 Å². The lowest BCUT2D eigenvalue weighted by molar-refractivity contribution is -0.393. The highest BCUT2D eigenvalue weighted by atomic mass is 16.6. The number of furan rings is 1. The molecule has 0 fully saturated rings. The van der Waals surface area contributed by atoms with E-state index in [0.29, 0.717) is 12.8 Å². The maximum Gasteiger partial charge on any atom is 0.299 e. The van der Waals surface area contributed by atoms with E-state index in [4.69, 9.17) is 4.42 Å². The van der Waals surface area contributed by atoms with Crippen LogP contribution < -0.4 is 5.32 Å². The molecule has 0 spiro atoms. The van der Waals surface area contributed by atoms with Crippen LogP contribution in [0.3, 0.4) is 0 Å². The van der Waals surface area contributed by atoms with Crippen LogP contribution in [0.4, 0.5) is 17.1 Å². The number of rotatable bonds is 7. The fourth-order valence-corrected chi connectivity index (χ4v) is 2.06. The molecule has 22 heavy (non-hydrogen) atoms. The number of aryl methyl sites for hydroxylation is 1. The summed E-state index contributed by atoms with van der Waals surface area (Å²) in [4.78, 5) is 20.5. The predicted molar refractivity (Wildman–Crippen MR) is 79.9 cm³/mol. The van der Waals surface area contributed by atoms with Gasteiger partial charge >= 0.3 is 0 Å². The fourth-order valence-electron chi connectivity index (χ4n) is 2.06. The van der Waals surface area contributed by atoms with Crippen LogP contribution >= 0.6 is 0 Å². The van der Waals surface area contributed by atoms with E-state index in [1.54, 1.807) is 12.3 Å². The van der Waals surface area contributed by atoms with Crippen molar-refractivity contribution >= 4 is 17.1 Å². The minimum atomic E-state index is -0.656. The molecule has 8 nitrogen and oxygen atoms in total. The number of nitrogens with one attached hydrogen (secondary N) is 1. The normalized spacial score (nSPS) is 11.9. The molecule has 8 heteroatoms. The molecule has 0 amide bonds. The Hall–Kier alpha value is -2.90. The Balaban J connectivity index is 2.07. The molecule has 0 unspecified atom stereocenters. The Labute approximate surface area is 126 Å². The van der Waals surface area contributed by atoms with Gasteiger partial charge in [0.1, 0.15) is 11.4 Å². The fraction of sp³-hybridized carbons (Fsp3) is 0.286. The molecule has 0 radical (unpaired) electrons. The summed E-state index contributed by atoms with van der Waals surface area (Å²) >= 11 is 0. The molecular formula is C14H15N3O5. The predicted octanol–water partition coefficient (Wildman–Crippen LogP) is 3.53. The molecule has 116 valence electrons. The van der Waals surface area contributed by atoms with Gasteiger partial charge in [0.25, 0.3) is 11.4 Å². The summed E-state index contributed by atoms with van der Waals surface area (Å²) in [5.74, 6) is 0.840. The molecule has 0 bridgehead atoms. The summed E-state index contributed by atoms with van der Waals surface area (Å²) in [7, 11) is 0. The minimum Gasteiger partial charge on any atom is -0.469 e. The van der Waals surface area contributed by atoms with Crippen LogP contribution in [0.5, 0.6) is 0 Å². The first kappa shape index (κ1) is 15.5. The van der Waals surface area contributed by atoms with Gasteiger partial charge in [-0.25, -0.2) is 0 Å². The van der Waals surface area contributed by atoms with E-state index in [0.717, 1.165) is 11.8 Å². The van der Waals surface area contributed by atoms with Crippen molar-refractivity contribution in [3.63, 3.8) is 0 Å². The number of non-ortho nitro benzene ring substituents is 1. The van der Waals surface area contributed by atoms with Gasteiger partial charge in [0.15, 0.2) is 0 Å². The second kappa shape index (κ2) is 6.70. The number of anilines is 1. The Morgan fingerprint density at radius 3 is 2.59 bits per heavy atom. The second-order valence-electron chi connectivity index (χ2n) is 4.88. The minimum absolute atomic E-state index is 0.0507. The molecule has 2 aromatic rings. The molecule has 0 aliphatic heterocycles. The molecule has 2 rings (SSSR count). The van der Waals surface area contributed by atoms with Crippen molar-refractivity contribution in [1.29, 1.82) is 0 Å². The Bertz CT molecular complexity index is 669. The van der Waals surface area contributed by atoms with Crippen LogP contribution in [0.1, 0.15) is 19.1 Å². The lowest BCUT2D eigenvalue weighted by Gasteiger charge is -2.14. The largest absolute Gasteiger partial charge is 0.469 e. The van der Waals surface area contributed by atoms with Gasteiger partial charge in [-0.05, 0) is 31.5 Å². The van der Waals surface area contributed by atoms with E-state index >= 15 is 0 Å². The van der Waals surface area contributed by atoms with Crippen molar-refractivity contribution in [2.75, 3.05) is 5.32 Å². The number of nitrogens with zero attached hydrogens (tertiary/aromatic N) is 2. The van der Waals surface area contributed by atoms with Gasteiger partial charge in [-0.2, -0.15) is 0 Å². The van der Waals surface area contributed by atoms with Crippen molar-refractivity contribution in [3.8, 4) is 0 Å². The summed E-state index contributed by atoms with van der Waals surface area (Å²) in [6, 6.07) is 7.18. The van der Waals surface area contributed by atoms with Gasteiger partial charge in [-0.15, -0.1) is 0 Å². The number of nitro groups is 2. The van der Waals surface area contributed by atoms with Crippen molar-refractivity contribution in [1.82, 2.24) is 0 Å². The van der Waals surface area contributed by atoms with E-state index in [1.165, 1.54) is 12.1 Å². The van der Waals surface area contributed by atoms with E-state index in [-0.39, 0.29) is 23.1 Å². The van der Waals surface area contributed by atoms with E-state index < -0.39 is 9.85 Å². The first-order valence-corrected chi connectivity index (χ1v) is 6.69. The number of hydrogen-bond donors (Lipinski definition) is 1. The monoisotopic (exact) mass is 305 g/mol. The van der Waals surface area contributed by atoms with Crippen LogP contribution in [-0.4, -0.2) is 15.9 Å². The van der Waals surface area contributed by atoms with Gasteiger partial charge in [-0.1, -0.05) is 0 Å². The number of benzene rings is 1. The van der Waals surface area contributed by atoms with E-state index in [9.17, 15) is 20.2 Å². The zero-order chi connectivity index (χ0) is 16.1. The molecular weight excluding hydrogens is 290 g/mol. The molecule has 0 aliphatic rings. The lowest BCUT2D eigenvalue weighted by atomic mass is 10.1. The van der Waals surface area contributed by atoms with Crippen LogP contribution in [0.2, 0.25) is 0 Å². The number of nitro benzene ring substituents is 2. The van der Waals surface area contributed by atoms with Crippen molar-refractivity contribution in [2.24, 2.45) is 0 Å². The Kier molecular flexibility index (Phi) is 4.72. The zero-order valence-electron chi connectivity index (χ0n) is 11.9. The molecule has 1 heterocycles. The Morgan fingerprint density at radius 1 is 1.23 bits per heavy atom. The highest BCUT2D eigenvalue weighted by Crippen LogP contribution is 2.29. The zero-order valence-corrected chi connectivity index (χ0v) is 11.9. The summed E-state index contributed by atoms with van der Waals surface area (Å²) in [6.07, 6.45) is 3.00. The van der Waals surface area contributed by atoms with Crippen LogP contribution in [0, 0.1) is 20.2 Å². The maximum absolute atomic E-state index is 11.1. The maximum atomic E-state index is 11.1. The molecule has 1 N–H and O–H groups in total. The summed E-state index contributed by atoms with van der Waals surface area (Å²) in [6.45, 7) is 1.88. The molecule has 0 saturated carbocycles. The van der Waals surface area contributed by atoms with Crippen LogP contribution in [0.15, 0.2) is 41.0 Å². The highest BCUT2D eigenvalue weighted by molar-refractivity contribution is 5.65. The highest BCUT2D eigenvalue weighted by Gasteiger charge is 2.20. The van der Waals surface area contributed by atoms with Crippen LogP contribution in [-0.2, 0) is 6.42 Å². The summed E-state index contributed by atoms with van der Waals surface area (Å²) < 4.78 is 5.23. The van der Waals surface area contributed by atoms with Gasteiger partial charge in [0.05, 0.1) is 22.2 Å². The Morgan fingerprint density at radius 2 is 2.00 bits per heavy atom. The third-order valence-corrected chi connectivity index (χ3v) is 3.19. The molecule has 1 aromatic carbocycles. The molecule has 0 saturated heterocycles. The van der Waals surface area contributed by atoms with Gasteiger partial charge < -0.3 is 9.73 Å². The lowest BCUT2D eigenvalue weighted by Crippen LogP contribution is -2.16. The smallest absolute Gasteiger partial charge is 0.299 e. The summed E-state index contributed by atoms with van der Waals surface area (Å²) in [5, 5.41) is 24.8. The first-order valence-electron chi connectivity index (χ1n) is 6.69. The third-order valence-electron chi connectivity index (χ3n) is 3.19. The average Bonchev–Trinajstić information content (AvgIpc) is 2.98. The standard InChI is InChI=1S/C14H15N3O5/c1-10(4-6-12-3-2-8-22-12)15-13-7-5-11(16(18)19)9-14(13)17(20)21/h2-3,5,7-10,15H,4,6H2,1H3/t10-/m0/s1. The molecule has 0 aliphatic carbocycles. The number of hydrogen-bond acceptors (Lipinski definition) is 6. The third kappa shape index (κ3) is 3.81. The van der Waals surface area contributed by atoms with Crippen molar-refractivity contribution < 1.29 is 14.3 Å². The van der Waals surface area contributed by atoms with E-state index in [1.807, 2.05) is 13.0 Å². The molecule has 1 aromatic heterocycles. The van der Waals surface area contributed by atoms with Gasteiger partial charge in [0, 0.05) is 18.5 Å². The van der Waals surface area contributed by atoms with Crippen molar-refractivity contribution in [2.45, 2.75) is 25.8 Å². The van der Waals surface area contributed by atoms with Crippen molar-refractivity contribution in [3.05, 3.63) is 62.6 Å². The van der Waals surface area contributed by atoms with E-state index in [2.05, 4.69) is 5.32 Å². The average molecular weight is 305 g/mol.